The number of likely N-dealkylation sites (tertiary alicyclic amines) is 1. The van der Waals surface area contributed by atoms with E-state index in [-0.39, 0.29) is 5.91 Å². The van der Waals surface area contributed by atoms with Crippen molar-refractivity contribution in [2.45, 2.75) is 44.2 Å². The molecule has 1 N–H and O–H groups in total. The van der Waals surface area contributed by atoms with Crippen LogP contribution in [0, 0.1) is 0 Å². The number of hydrogen-bond donors (Lipinski definition) is 1. The maximum Gasteiger partial charge on any atom is 0.238 e. The summed E-state index contributed by atoms with van der Waals surface area (Å²) in [5, 5.41) is 7.47. The van der Waals surface area contributed by atoms with Gasteiger partial charge in [0.1, 0.15) is 0 Å². The molecular weight excluding hydrogens is 296 g/mol. The molecule has 0 saturated carbocycles. The van der Waals surface area contributed by atoms with Gasteiger partial charge in [-0.25, -0.2) is 0 Å². The smallest absolute Gasteiger partial charge is 0.238 e. The van der Waals surface area contributed by atoms with Crippen LogP contribution < -0.4 is 5.32 Å². The van der Waals surface area contributed by atoms with Gasteiger partial charge in [0.05, 0.1) is 6.26 Å². The first-order chi connectivity index (χ1) is 11.3. The van der Waals surface area contributed by atoms with E-state index in [2.05, 4.69) is 15.5 Å². The Bertz CT molecular complexity index is 667. The molecule has 7 nitrogen and oxygen atoms in total. The average molecular weight is 316 g/mol. The molecule has 2 fully saturated rings. The fourth-order valence-electron chi connectivity index (χ4n) is 3.40. The van der Waals surface area contributed by atoms with E-state index in [1.54, 1.807) is 18.4 Å². The van der Waals surface area contributed by atoms with Crippen LogP contribution in [0.3, 0.4) is 0 Å². The van der Waals surface area contributed by atoms with E-state index < -0.39 is 0 Å². The van der Waals surface area contributed by atoms with Crippen LogP contribution in [0.25, 0.3) is 11.6 Å². The maximum atomic E-state index is 12.4. The van der Waals surface area contributed by atoms with Crippen LogP contribution in [0.5, 0.6) is 0 Å². The number of nitrogens with one attached hydrogen (secondary N) is 1. The second kappa shape index (κ2) is 6.16. The number of rotatable bonds is 4. The molecule has 4 rings (SSSR count). The van der Waals surface area contributed by atoms with Gasteiger partial charge in [-0.05, 0) is 31.4 Å². The van der Waals surface area contributed by atoms with Gasteiger partial charge in [0.2, 0.25) is 17.6 Å². The van der Waals surface area contributed by atoms with Gasteiger partial charge in [-0.3, -0.25) is 4.79 Å². The summed E-state index contributed by atoms with van der Waals surface area (Å²) in [5.74, 6) is 1.63. The van der Waals surface area contributed by atoms with Gasteiger partial charge in [-0.15, -0.1) is 0 Å². The SMILES string of the molecule is O=C(CCc1nc(-c2ccco2)no1)N1CCC2CCC(C1)N2. The lowest BCUT2D eigenvalue weighted by molar-refractivity contribution is -0.131. The first-order valence-corrected chi connectivity index (χ1v) is 8.18. The molecule has 2 aromatic heterocycles. The number of amides is 1. The lowest BCUT2D eigenvalue weighted by atomic mass is 10.1. The summed E-state index contributed by atoms with van der Waals surface area (Å²) in [6, 6.07) is 4.60. The summed E-state index contributed by atoms with van der Waals surface area (Å²) >= 11 is 0. The molecule has 2 unspecified atom stereocenters. The van der Waals surface area contributed by atoms with Crippen molar-refractivity contribution in [3.05, 3.63) is 24.3 Å². The molecule has 0 aliphatic carbocycles. The Morgan fingerprint density at radius 2 is 2.26 bits per heavy atom. The number of fused-ring (bicyclic) bond motifs is 2. The predicted octanol–water partition coefficient (Wildman–Crippen LogP) is 1.62. The molecule has 1 amide bonds. The molecule has 2 saturated heterocycles. The van der Waals surface area contributed by atoms with Crippen LogP contribution in [0.1, 0.15) is 31.6 Å². The Hall–Kier alpha value is -2.15. The summed E-state index contributed by atoms with van der Waals surface area (Å²) in [5.41, 5.74) is 0. The first-order valence-electron chi connectivity index (χ1n) is 8.18. The van der Waals surface area contributed by atoms with E-state index in [4.69, 9.17) is 8.94 Å². The first kappa shape index (κ1) is 14.4. The monoisotopic (exact) mass is 316 g/mol. The highest BCUT2D eigenvalue weighted by atomic mass is 16.5. The Labute approximate surface area is 134 Å². The Kier molecular flexibility index (Phi) is 3.87. The quantitative estimate of drug-likeness (QED) is 0.922. The highest BCUT2D eigenvalue weighted by Gasteiger charge is 2.31. The second-order valence-electron chi connectivity index (χ2n) is 6.26. The molecule has 2 aromatic rings. The third kappa shape index (κ3) is 3.14. The van der Waals surface area contributed by atoms with Crippen LogP contribution in [0.4, 0.5) is 0 Å². The Balaban J connectivity index is 1.33. The molecule has 2 atom stereocenters. The van der Waals surface area contributed by atoms with Crippen molar-refractivity contribution in [2.24, 2.45) is 0 Å². The number of hydrogen-bond acceptors (Lipinski definition) is 6. The highest BCUT2D eigenvalue weighted by Crippen LogP contribution is 2.21. The van der Waals surface area contributed by atoms with Gasteiger partial charge < -0.3 is 19.2 Å². The zero-order valence-electron chi connectivity index (χ0n) is 12.9. The van der Waals surface area contributed by atoms with Crippen molar-refractivity contribution < 1.29 is 13.7 Å². The van der Waals surface area contributed by atoms with Crippen LogP contribution in [0.15, 0.2) is 27.3 Å². The minimum absolute atomic E-state index is 0.164. The van der Waals surface area contributed by atoms with Crippen molar-refractivity contribution in [1.29, 1.82) is 0 Å². The van der Waals surface area contributed by atoms with Crippen LogP contribution in [0.2, 0.25) is 0 Å². The van der Waals surface area contributed by atoms with Crippen molar-refractivity contribution in [3.8, 4) is 11.6 Å². The van der Waals surface area contributed by atoms with E-state index >= 15 is 0 Å². The van der Waals surface area contributed by atoms with Crippen LogP contribution >= 0.6 is 0 Å². The average Bonchev–Trinajstić information content (AvgIpc) is 3.25. The van der Waals surface area contributed by atoms with E-state index in [9.17, 15) is 4.79 Å². The number of carbonyl (C=O) groups excluding carboxylic acids is 1. The second-order valence-corrected chi connectivity index (χ2v) is 6.26. The molecule has 4 heterocycles. The minimum atomic E-state index is 0.164. The molecule has 122 valence electrons. The van der Waals surface area contributed by atoms with E-state index in [0.717, 1.165) is 19.5 Å². The van der Waals surface area contributed by atoms with Gasteiger partial charge in [0, 0.05) is 38.0 Å². The van der Waals surface area contributed by atoms with Gasteiger partial charge >= 0.3 is 0 Å². The number of aryl methyl sites for hydroxylation is 1. The molecule has 2 aliphatic rings. The van der Waals surface area contributed by atoms with E-state index in [1.165, 1.54) is 12.8 Å². The third-order valence-corrected chi connectivity index (χ3v) is 4.64. The minimum Gasteiger partial charge on any atom is -0.461 e. The van der Waals surface area contributed by atoms with Gasteiger partial charge in [0.25, 0.3) is 0 Å². The fraction of sp³-hybridized carbons (Fsp3) is 0.562. The van der Waals surface area contributed by atoms with Gasteiger partial charge in [-0.1, -0.05) is 5.16 Å². The van der Waals surface area contributed by atoms with Gasteiger partial charge in [0.15, 0.2) is 5.76 Å². The molecule has 2 bridgehead atoms. The standard InChI is InChI=1S/C16H20N4O3/c21-15(20-8-7-11-3-4-12(10-20)17-11)6-5-14-18-16(19-23-14)13-2-1-9-22-13/h1-2,9,11-12,17H,3-8,10H2. The van der Waals surface area contributed by atoms with Crippen LogP contribution in [-0.2, 0) is 11.2 Å². The zero-order valence-corrected chi connectivity index (χ0v) is 12.9. The Morgan fingerprint density at radius 3 is 3.13 bits per heavy atom. The number of nitrogens with zero attached hydrogens (tertiary/aromatic N) is 3. The lowest BCUT2D eigenvalue weighted by Gasteiger charge is -2.24. The molecule has 0 spiro atoms. The van der Waals surface area contributed by atoms with Crippen molar-refractivity contribution >= 4 is 5.91 Å². The van der Waals surface area contributed by atoms with Crippen LogP contribution in [-0.4, -0.2) is 46.1 Å². The van der Waals surface area contributed by atoms with Crippen molar-refractivity contribution in [2.75, 3.05) is 13.1 Å². The van der Waals surface area contributed by atoms with E-state index in [1.807, 2.05) is 4.90 Å². The lowest BCUT2D eigenvalue weighted by Crippen LogP contribution is -2.39. The largest absolute Gasteiger partial charge is 0.461 e. The normalized spacial score (nSPS) is 23.9. The summed E-state index contributed by atoms with van der Waals surface area (Å²) in [7, 11) is 0. The topological polar surface area (TPSA) is 84.4 Å². The molecule has 0 aromatic carbocycles. The summed E-state index contributed by atoms with van der Waals surface area (Å²) < 4.78 is 10.4. The molecule has 2 aliphatic heterocycles. The Morgan fingerprint density at radius 1 is 1.35 bits per heavy atom. The summed E-state index contributed by atoms with van der Waals surface area (Å²) in [4.78, 5) is 18.7. The summed E-state index contributed by atoms with van der Waals surface area (Å²) in [6.07, 6.45) is 5.89. The highest BCUT2D eigenvalue weighted by molar-refractivity contribution is 5.76. The number of furan rings is 1. The summed E-state index contributed by atoms with van der Waals surface area (Å²) in [6.45, 7) is 1.66. The maximum absolute atomic E-state index is 12.4. The van der Waals surface area contributed by atoms with Crippen molar-refractivity contribution in [1.82, 2.24) is 20.4 Å². The third-order valence-electron chi connectivity index (χ3n) is 4.64. The predicted molar refractivity (Wildman–Crippen MR) is 81.5 cm³/mol. The molecule has 0 radical (unpaired) electrons. The fourth-order valence-corrected chi connectivity index (χ4v) is 3.40. The van der Waals surface area contributed by atoms with E-state index in [0.29, 0.717) is 42.4 Å². The van der Waals surface area contributed by atoms with Gasteiger partial charge in [-0.2, -0.15) is 4.98 Å². The van der Waals surface area contributed by atoms with Crippen molar-refractivity contribution in [3.63, 3.8) is 0 Å². The molecular formula is C16H20N4O3. The molecule has 7 heteroatoms. The number of carbonyl (C=O) groups is 1. The molecule has 23 heavy (non-hydrogen) atoms. The zero-order chi connectivity index (χ0) is 15.6. The number of aromatic nitrogens is 2.